The van der Waals surface area contributed by atoms with E-state index in [9.17, 15) is 0 Å². The number of fused-ring (bicyclic) bond motifs is 1. The molecule has 0 aliphatic carbocycles. The minimum Gasteiger partial charge on any atom is -0.396 e. The maximum absolute atomic E-state index is 8.93. The van der Waals surface area contributed by atoms with Gasteiger partial charge in [-0.25, -0.2) is 0 Å². The molecule has 0 bridgehead atoms. The molecule has 1 aromatic carbocycles. The number of rotatable bonds is 5. The van der Waals surface area contributed by atoms with Crippen LogP contribution in [0.4, 0.5) is 0 Å². The van der Waals surface area contributed by atoms with Crippen molar-refractivity contribution in [3.63, 3.8) is 0 Å². The van der Waals surface area contributed by atoms with Gasteiger partial charge in [0.15, 0.2) is 0 Å². The quantitative estimate of drug-likeness (QED) is 0.826. The fraction of sp³-hybridized carbons (Fsp3) is 0.429. The first kappa shape index (κ1) is 12.1. The number of nitrogens with two attached hydrogens (primary N) is 1. The van der Waals surface area contributed by atoms with Crippen molar-refractivity contribution in [2.45, 2.75) is 26.3 Å². The van der Waals surface area contributed by atoms with E-state index in [0.29, 0.717) is 6.54 Å². The van der Waals surface area contributed by atoms with Crippen LogP contribution in [0.1, 0.15) is 17.5 Å². The van der Waals surface area contributed by atoms with Crippen LogP contribution in [0.25, 0.3) is 10.9 Å². The zero-order valence-corrected chi connectivity index (χ0v) is 10.3. The molecule has 3 heteroatoms. The number of aromatic nitrogens is 1. The molecule has 1 aromatic heterocycles. The summed E-state index contributed by atoms with van der Waals surface area (Å²) >= 11 is 0. The third-order valence-electron chi connectivity index (χ3n) is 3.09. The molecule has 0 radical (unpaired) electrons. The molecule has 2 aromatic rings. The van der Waals surface area contributed by atoms with E-state index < -0.39 is 0 Å². The summed E-state index contributed by atoms with van der Waals surface area (Å²) < 4.78 is 2.23. The number of aliphatic hydroxyl groups is 1. The number of hydrogen-bond acceptors (Lipinski definition) is 2. The highest BCUT2D eigenvalue weighted by atomic mass is 16.3. The van der Waals surface area contributed by atoms with Gasteiger partial charge in [-0.15, -0.1) is 0 Å². The smallest absolute Gasteiger partial charge is 0.0485 e. The lowest BCUT2D eigenvalue weighted by Crippen LogP contribution is -2.02. The molecule has 17 heavy (non-hydrogen) atoms. The lowest BCUT2D eigenvalue weighted by Gasteiger charge is -2.03. The van der Waals surface area contributed by atoms with Crippen LogP contribution in [0, 0.1) is 6.92 Å². The Morgan fingerprint density at radius 3 is 2.88 bits per heavy atom. The third-order valence-corrected chi connectivity index (χ3v) is 3.09. The Bertz CT molecular complexity index is 502. The zero-order valence-electron chi connectivity index (χ0n) is 10.3. The summed E-state index contributed by atoms with van der Waals surface area (Å²) in [6.07, 6.45) is 3.87. The summed E-state index contributed by atoms with van der Waals surface area (Å²) in [7, 11) is 0. The Labute approximate surface area is 102 Å². The topological polar surface area (TPSA) is 51.2 Å². The Hall–Kier alpha value is -1.32. The zero-order chi connectivity index (χ0) is 12.3. The van der Waals surface area contributed by atoms with Crippen LogP contribution < -0.4 is 5.73 Å². The standard InChI is InChI=1S/C14H20N2O/c1-11-3-4-13-12(5-6-15)10-16(7-2-8-17)14(13)9-11/h3-4,9-10,17H,2,5-8,15H2,1H3. The maximum atomic E-state index is 8.93. The van der Waals surface area contributed by atoms with Gasteiger partial charge in [0.1, 0.15) is 0 Å². The van der Waals surface area contributed by atoms with E-state index >= 15 is 0 Å². The molecule has 0 spiro atoms. The molecule has 2 rings (SSSR count). The fourth-order valence-corrected chi connectivity index (χ4v) is 2.26. The van der Waals surface area contributed by atoms with Gasteiger partial charge in [0.05, 0.1) is 0 Å². The van der Waals surface area contributed by atoms with Crippen molar-refractivity contribution in [2.24, 2.45) is 5.73 Å². The van der Waals surface area contributed by atoms with Gasteiger partial charge >= 0.3 is 0 Å². The molecule has 3 nitrogen and oxygen atoms in total. The summed E-state index contributed by atoms with van der Waals surface area (Å²) in [5.74, 6) is 0. The van der Waals surface area contributed by atoms with Gasteiger partial charge in [0.25, 0.3) is 0 Å². The first-order chi connectivity index (χ1) is 8.26. The van der Waals surface area contributed by atoms with Crippen LogP contribution in [-0.4, -0.2) is 22.8 Å². The van der Waals surface area contributed by atoms with Crippen molar-refractivity contribution in [2.75, 3.05) is 13.2 Å². The minimum absolute atomic E-state index is 0.234. The van der Waals surface area contributed by atoms with Crippen molar-refractivity contribution in [3.8, 4) is 0 Å². The number of aryl methyl sites for hydroxylation is 2. The molecule has 3 N–H and O–H groups in total. The average molecular weight is 232 g/mol. The molecule has 1 heterocycles. The Kier molecular flexibility index (Phi) is 3.82. The number of nitrogens with zero attached hydrogens (tertiary/aromatic N) is 1. The molecular weight excluding hydrogens is 212 g/mol. The Balaban J connectivity index is 2.46. The summed E-state index contributed by atoms with van der Waals surface area (Å²) in [6.45, 7) is 3.87. The second-order valence-electron chi connectivity index (χ2n) is 4.48. The molecule has 0 saturated carbocycles. The normalized spacial score (nSPS) is 11.2. The second kappa shape index (κ2) is 5.34. The van der Waals surface area contributed by atoms with Gasteiger partial charge < -0.3 is 15.4 Å². The van der Waals surface area contributed by atoms with Gasteiger partial charge in [0.2, 0.25) is 0 Å². The highest BCUT2D eigenvalue weighted by Crippen LogP contribution is 2.23. The molecule has 0 atom stereocenters. The average Bonchev–Trinajstić information content (AvgIpc) is 2.65. The molecule has 0 amide bonds. The highest BCUT2D eigenvalue weighted by Gasteiger charge is 2.07. The second-order valence-corrected chi connectivity index (χ2v) is 4.48. The third kappa shape index (κ3) is 2.51. The molecule has 0 aliphatic heterocycles. The van der Waals surface area contributed by atoms with Crippen LogP contribution in [-0.2, 0) is 13.0 Å². The van der Waals surface area contributed by atoms with Crippen molar-refractivity contribution in [3.05, 3.63) is 35.5 Å². The maximum Gasteiger partial charge on any atom is 0.0485 e. The Morgan fingerprint density at radius 1 is 1.35 bits per heavy atom. The summed E-state index contributed by atoms with van der Waals surface area (Å²) in [6, 6.07) is 6.51. The lowest BCUT2D eigenvalue weighted by atomic mass is 10.1. The van der Waals surface area contributed by atoms with Gasteiger partial charge in [-0.2, -0.15) is 0 Å². The Morgan fingerprint density at radius 2 is 2.18 bits per heavy atom. The molecular formula is C14H20N2O. The van der Waals surface area contributed by atoms with Crippen molar-refractivity contribution in [1.82, 2.24) is 4.57 Å². The van der Waals surface area contributed by atoms with E-state index in [-0.39, 0.29) is 6.61 Å². The van der Waals surface area contributed by atoms with Gasteiger partial charge in [0, 0.05) is 30.3 Å². The van der Waals surface area contributed by atoms with E-state index in [1.165, 1.54) is 22.0 Å². The summed E-state index contributed by atoms with van der Waals surface area (Å²) in [4.78, 5) is 0. The molecule has 0 aliphatic rings. The van der Waals surface area contributed by atoms with Crippen LogP contribution in [0.3, 0.4) is 0 Å². The SMILES string of the molecule is Cc1ccc2c(CCN)cn(CCCO)c2c1. The molecule has 0 saturated heterocycles. The number of benzene rings is 1. The van der Waals surface area contributed by atoms with E-state index in [1.54, 1.807) is 0 Å². The highest BCUT2D eigenvalue weighted by molar-refractivity contribution is 5.84. The fourth-order valence-electron chi connectivity index (χ4n) is 2.26. The molecule has 0 fully saturated rings. The van der Waals surface area contributed by atoms with Gasteiger partial charge in [-0.3, -0.25) is 0 Å². The first-order valence-electron chi connectivity index (χ1n) is 6.15. The minimum atomic E-state index is 0.234. The van der Waals surface area contributed by atoms with Crippen LogP contribution in [0.2, 0.25) is 0 Å². The van der Waals surface area contributed by atoms with Gasteiger partial charge in [-0.05, 0) is 43.5 Å². The van der Waals surface area contributed by atoms with Crippen LogP contribution >= 0.6 is 0 Å². The van der Waals surface area contributed by atoms with E-state index in [0.717, 1.165) is 19.4 Å². The van der Waals surface area contributed by atoms with Crippen molar-refractivity contribution < 1.29 is 5.11 Å². The van der Waals surface area contributed by atoms with E-state index in [1.807, 2.05) is 0 Å². The largest absolute Gasteiger partial charge is 0.396 e. The van der Waals surface area contributed by atoms with Crippen molar-refractivity contribution >= 4 is 10.9 Å². The summed E-state index contributed by atoms with van der Waals surface area (Å²) in [5.41, 5.74) is 9.46. The lowest BCUT2D eigenvalue weighted by molar-refractivity contribution is 0.280. The van der Waals surface area contributed by atoms with Crippen LogP contribution in [0.15, 0.2) is 24.4 Å². The monoisotopic (exact) mass is 232 g/mol. The summed E-state index contributed by atoms with van der Waals surface area (Å²) in [5, 5.41) is 10.2. The van der Waals surface area contributed by atoms with Gasteiger partial charge in [-0.1, -0.05) is 12.1 Å². The van der Waals surface area contributed by atoms with E-state index in [2.05, 4.69) is 35.9 Å². The predicted octanol–water partition coefficient (Wildman–Crippen LogP) is 1.83. The van der Waals surface area contributed by atoms with Crippen LogP contribution in [0.5, 0.6) is 0 Å². The number of hydrogen-bond donors (Lipinski definition) is 2. The molecule has 92 valence electrons. The number of aliphatic hydroxyl groups excluding tert-OH is 1. The first-order valence-corrected chi connectivity index (χ1v) is 6.15. The van der Waals surface area contributed by atoms with Crippen molar-refractivity contribution in [1.29, 1.82) is 0 Å². The predicted molar refractivity (Wildman–Crippen MR) is 71.1 cm³/mol. The van der Waals surface area contributed by atoms with E-state index in [4.69, 9.17) is 10.8 Å². The molecule has 0 unspecified atom stereocenters.